The van der Waals surface area contributed by atoms with E-state index in [2.05, 4.69) is 5.32 Å². The Balaban J connectivity index is 2.07. The minimum Gasteiger partial charge on any atom is -0.465 e. The molecule has 0 aromatic heterocycles. The topological polar surface area (TPSA) is 118 Å². The number of hydrogen-bond acceptors (Lipinski definition) is 6. The molecule has 3 amide bonds. The van der Waals surface area contributed by atoms with Gasteiger partial charge in [-0.3, -0.25) is 14.5 Å². The van der Waals surface area contributed by atoms with Crippen LogP contribution in [0.1, 0.15) is 71.9 Å². The fourth-order valence-electron chi connectivity index (χ4n) is 4.93. The molecule has 2 atom stereocenters. The maximum atomic E-state index is 13.7. The molecule has 10 nitrogen and oxygen atoms in total. The summed E-state index contributed by atoms with van der Waals surface area (Å²) in [6, 6.07) is 4.67. The number of carbonyl (C=O) groups excluding carboxylic acids is 2. The van der Waals surface area contributed by atoms with E-state index in [4.69, 9.17) is 25.8 Å². The van der Waals surface area contributed by atoms with Crippen LogP contribution < -0.4 is 5.32 Å². The predicted molar refractivity (Wildman–Crippen MR) is 158 cm³/mol. The van der Waals surface area contributed by atoms with E-state index in [1.807, 2.05) is 41.5 Å². The van der Waals surface area contributed by atoms with Crippen LogP contribution in [0.2, 0.25) is 5.02 Å². The summed E-state index contributed by atoms with van der Waals surface area (Å²) < 4.78 is 15.9. The van der Waals surface area contributed by atoms with Crippen LogP contribution in [-0.2, 0) is 36.9 Å². The van der Waals surface area contributed by atoms with Crippen molar-refractivity contribution in [3.8, 4) is 0 Å². The summed E-state index contributed by atoms with van der Waals surface area (Å²) in [5, 5.41) is 13.2. The number of nitrogens with one attached hydrogen (secondary N) is 1. The van der Waals surface area contributed by atoms with Crippen LogP contribution in [0.5, 0.6) is 0 Å². The van der Waals surface area contributed by atoms with Crippen molar-refractivity contribution < 1.29 is 33.7 Å². The van der Waals surface area contributed by atoms with Crippen molar-refractivity contribution in [3.63, 3.8) is 0 Å². The lowest BCUT2D eigenvalue weighted by Gasteiger charge is -2.35. The lowest BCUT2D eigenvalue weighted by molar-refractivity contribution is -0.146. The molecule has 1 heterocycles. The third-order valence-corrected chi connectivity index (χ3v) is 7.56. The lowest BCUT2D eigenvalue weighted by atomic mass is 9.78. The molecule has 1 aliphatic rings. The molecule has 1 fully saturated rings. The average molecular weight is 598 g/mol. The Morgan fingerprint density at radius 3 is 2.39 bits per heavy atom. The normalized spacial score (nSPS) is 16.5. The first kappa shape index (κ1) is 34.8. The van der Waals surface area contributed by atoms with Crippen molar-refractivity contribution in [2.24, 2.45) is 11.3 Å². The van der Waals surface area contributed by atoms with E-state index in [0.717, 1.165) is 17.5 Å². The number of carbonyl (C=O) groups is 3. The minimum atomic E-state index is -1.03. The summed E-state index contributed by atoms with van der Waals surface area (Å²) in [4.78, 5) is 42.1. The summed E-state index contributed by atoms with van der Waals surface area (Å²) in [5.41, 5.74) is 0.558. The molecule has 1 aromatic rings. The summed E-state index contributed by atoms with van der Waals surface area (Å²) in [7, 11) is 1.60. The molecular weight excluding hydrogens is 550 g/mol. The Bertz CT molecular complexity index is 1020. The second-order valence-electron chi connectivity index (χ2n) is 12.5. The third kappa shape index (κ3) is 10.7. The van der Waals surface area contributed by atoms with Gasteiger partial charge in [-0.2, -0.15) is 0 Å². The number of hydrogen-bond donors (Lipinski definition) is 2. The molecule has 1 saturated heterocycles. The SMILES string of the molecule is COCCOCOCC[C@@H](C(=O)N1CCC[C@H]1C(=O)NCc1cc(Cl)ccc1CN(C(=O)O)C(C)(C)C)C(C)(C)C. The van der Waals surface area contributed by atoms with Gasteiger partial charge in [0.1, 0.15) is 12.8 Å². The van der Waals surface area contributed by atoms with Gasteiger partial charge in [-0.1, -0.05) is 38.4 Å². The highest BCUT2D eigenvalue weighted by Gasteiger charge is 2.40. The fraction of sp³-hybridized carbons (Fsp3) is 0.700. The number of nitrogens with zero attached hydrogens (tertiary/aromatic N) is 2. The van der Waals surface area contributed by atoms with Gasteiger partial charge in [0.15, 0.2) is 0 Å². The first-order valence-electron chi connectivity index (χ1n) is 14.2. The quantitative estimate of drug-likeness (QED) is 0.231. The summed E-state index contributed by atoms with van der Waals surface area (Å²) in [5.74, 6) is -0.610. The number of methoxy groups -OCH3 is 1. The second-order valence-corrected chi connectivity index (χ2v) is 12.9. The number of halogens is 1. The zero-order chi connectivity index (χ0) is 30.8. The molecule has 1 aromatic carbocycles. The molecule has 2 rings (SSSR count). The Morgan fingerprint density at radius 2 is 1.78 bits per heavy atom. The molecule has 0 spiro atoms. The lowest BCUT2D eigenvalue weighted by Crippen LogP contribution is -2.50. The monoisotopic (exact) mass is 597 g/mol. The van der Waals surface area contributed by atoms with E-state index in [1.54, 1.807) is 30.2 Å². The number of likely N-dealkylation sites (tertiary alicyclic amines) is 1. The second kappa shape index (κ2) is 15.7. The zero-order valence-electron chi connectivity index (χ0n) is 25.6. The average Bonchev–Trinajstić information content (AvgIpc) is 3.36. The molecular formula is C30H48ClN3O7. The van der Waals surface area contributed by atoms with E-state index in [9.17, 15) is 19.5 Å². The van der Waals surface area contributed by atoms with Crippen molar-refractivity contribution in [1.82, 2.24) is 15.1 Å². The highest BCUT2D eigenvalue weighted by atomic mass is 35.5. The van der Waals surface area contributed by atoms with Crippen LogP contribution in [0.4, 0.5) is 4.79 Å². The molecule has 0 unspecified atom stereocenters. The van der Waals surface area contributed by atoms with Crippen LogP contribution in [-0.4, -0.2) is 84.7 Å². The smallest absolute Gasteiger partial charge is 0.408 e. The van der Waals surface area contributed by atoms with E-state index in [1.165, 1.54) is 4.90 Å². The Labute approximate surface area is 249 Å². The first-order chi connectivity index (χ1) is 19.2. The van der Waals surface area contributed by atoms with Crippen molar-refractivity contribution in [2.45, 2.75) is 85.5 Å². The van der Waals surface area contributed by atoms with Crippen LogP contribution in [0, 0.1) is 11.3 Å². The van der Waals surface area contributed by atoms with Gasteiger partial charge in [0.25, 0.3) is 0 Å². The van der Waals surface area contributed by atoms with E-state index < -0.39 is 17.7 Å². The van der Waals surface area contributed by atoms with Gasteiger partial charge in [0.2, 0.25) is 11.8 Å². The number of carboxylic acid groups (broad SMARTS) is 1. The maximum absolute atomic E-state index is 13.7. The minimum absolute atomic E-state index is 0.0511. The molecule has 0 saturated carbocycles. The standard InChI is InChI=1S/C30H48ClN3O7/c1-29(2,3)24(12-14-40-20-41-16-15-39-7)27(36)33-13-8-9-25(33)26(35)32-18-22-17-23(31)11-10-21(22)19-34(28(37)38)30(4,5)6/h10-11,17,24-25H,8-9,12-16,18-20H2,1-7H3,(H,32,35)(H,37,38)/t24-,25-/m0/s1. The zero-order valence-corrected chi connectivity index (χ0v) is 26.4. The van der Waals surface area contributed by atoms with Crippen LogP contribution in [0.15, 0.2) is 18.2 Å². The van der Waals surface area contributed by atoms with Gasteiger partial charge >= 0.3 is 6.09 Å². The molecule has 0 bridgehead atoms. The van der Waals surface area contributed by atoms with Gasteiger partial charge in [0.05, 0.1) is 19.8 Å². The van der Waals surface area contributed by atoms with Crippen molar-refractivity contribution >= 4 is 29.5 Å². The summed E-state index contributed by atoms with van der Waals surface area (Å²) in [6.45, 7) is 13.8. The van der Waals surface area contributed by atoms with E-state index >= 15 is 0 Å². The van der Waals surface area contributed by atoms with E-state index in [0.29, 0.717) is 44.2 Å². The molecule has 0 radical (unpaired) electrons. The van der Waals surface area contributed by atoms with Crippen LogP contribution in [0.25, 0.3) is 0 Å². The van der Waals surface area contributed by atoms with Crippen LogP contribution >= 0.6 is 11.6 Å². The molecule has 1 aliphatic heterocycles. The van der Waals surface area contributed by atoms with Crippen molar-refractivity contribution in [2.75, 3.05) is 40.3 Å². The molecule has 41 heavy (non-hydrogen) atoms. The summed E-state index contributed by atoms with van der Waals surface area (Å²) >= 11 is 6.26. The van der Waals surface area contributed by atoms with E-state index in [-0.39, 0.29) is 43.0 Å². The molecule has 232 valence electrons. The largest absolute Gasteiger partial charge is 0.465 e. The Morgan fingerprint density at radius 1 is 1.10 bits per heavy atom. The highest BCUT2D eigenvalue weighted by Crippen LogP contribution is 2.33. The summed E-state index contributed by atoms with van der Waals surface area (Å²) in [6.07, 6.45) is 0.810. The van der Waals surface area contributed by atoms with Gasteiger partial charge < -0.3 is 29.5 Å². The number of ether oxygens (including phenoxy) is 3. The van der Waals surface area contributed by atoms with Crippen molar-refractivity contribution in [3.05, 3.63) is 34.3 Å². The molecule has 2 N–H and O–H groups in total. The number of rotatable bonds is 14. The van der Waals surface area contributed by atoms with Crippen LogP contribution in [0.3, 0.4) is 0 Å². The number of benzene rings is 1. The molecule has 11 heteroatoms. The first-order valence-corrected chi connectivity index (χ1v) is 14.5. The fourth-order valence-corrected chi connectivity index (χ4v) is 5.12. The van der Waals surface area contributed by atoms with Crippen molar-refractivity contribution in [1.29, 1.82) is 0 Å². The third-order valence-electron chi connectivity index (χ3n) is 7.32. The Hall–Kier alpha value is -2.40. The van der Waals surface area contributed by atoms with Gasteiger partial charge in [0, 0.05) is 43.2 Å². The Kier molecular flexibility index (Phi) is 13.3. The van der Waals surface area contributed by atoms with Gasteiger partial charge in [-0.15, -0.1) is 0 Å². The maximum Gasteiger partial charge on any atom is 0.408 e. The molecule has 0 aliphatic carbocycles. The van der Waals surface area contributed by atoms with Gasteiger partial charge in [-0.05, 0) is 68.7 Å². The predicted octanol–water partition coefficient (Wildman–Crippen LogP) is 4.92. The highest BCUT2D eigenvalue weighted by molar-refractivity contribution is 6.30. The number of amides is 3. The van der Waals surface area contributed by atoms with Gasteiger partial charge in [-0.25, -0.2) is 4.79 Å².